The van der Waals surface area contributed by atoms with E-state index in [1.165, 1.54) is 0 Å². The quantitative estimate of drug-likeness (QED) is 0.804. The number of hydrogen-bond donors (Lipinski definition) is 1. The second kappa shape index (κ2) is 5.31. The van der Waals surface area contributed by atoms with Gasteiger partial charge in [-0.15, -0.1) is 0 Å². The SMILES string of the molecule is NC(=O)C1=CC=CN(CC(=O)c2ccccc2)C1. The first-order valence-electron chi connectivity index (χ1n) is 5.66. The van der Waals surface area contributed by atoms with E-state index in [1.807, 2.05) is 18.2 Å². The van der Waals surface area contributed by atoms with Crippen LogP contribution in [0.1, 0.15) is 10.4 Å². The van der Waals surface area contributed by atoms with Crippen LogP contribution in [-0.4, -0.2) is 29.7 Å². The summed E-state index contributed by atoms with van der Waals surface area (Å²) in [7, 11) is 0. The van der Waals surface area contributed by atoms with Crippen molar-refractivity contribution in [2.75, 3.05) is 13.1 Å². The van der Waals surface area contributed by atoms with E-state index in [0.717, 1.165) is 0 Å². The van der Waals surface area contributed by atoms with Crippen LogP contribution < -0.4 is 5.73 Å². The molecule has 1 aromatic rings. The Labute approximate surface area is 105 Å². The summed E-state index contributed by atoms with van der Waals surface area (Å²) in [5.74, 6) is -0.428. The van der Waals surface area contributed by atoms with E-state index in [-0.39, 0.29) is 12.3 Å². The van der Waals surface area contributed by atoms with E-state index in [4.69, 9.17) is 5.73 Å². The van der Waals surface area contributed by atoms with Crippen LogP contribution in [-0.2, 0) is 4.79 Å². The maximum Gasteiger partial charge on any atom is 0.246 e. The predicted molar refractivity (Wildman–Crippen MR) is 68.8 cm³/mol. The van der Waals surface area contributed by atoms with Crippen molar-refractivity contribution in [2.24, 2.45) is 5.73 Å². The average Bonchev–Trinajstić information content (AvgIpc) is 2.40. The molecule has 92 valence electrons. The first kappa shape index (κ1) is 12.1. The molecule has 0 radical (unpaired) electrons. The standard InChI is InChI=1S/C14H14N2O2/c15-14(18)12-7-4-8-16(9-12)10-13(17)11-5-2-1-3-6-11/h1-8H,9-10H2,(H2,15,18). The van der Waals surface area contributed by atoms with Gasteiger partial charge in [0.05, 0.1) is 6.54 Å². The van der Waals surface area contributed by atoms with Gasteiger partial charge in [0.1, 0.15) is 0 Å². The molecule has 1 heterocycles. The maximum atomic E-state index is 12.0. The monoisotopic (exact) mass is 242 g/mol. The van der Waals surface area contributed by atoms with Crippen molar-refractivity contribution < 1.29 is 9.59 Å². The molecule has 0 saturated heterocycles. The minimum absolute atomic E-state index is 0.0194. The van der Waals surface area contributed by atoms with Crippen LogP contribution in [0, 0.1) is 0 Å². The number of rotatable bonds is 4. The minimum Gasteiger partial charge on any atom is -0.366 e. The molecule has 0 bridgehead atoms. The lowest BCUT2D eigenvalue weighted by molar-refractivity contribution is -0.114. The van der Waals surface area contributed by atoms with Gasteiger partial charge in [-0.3, -0.25) is 9.59 Å². The van der Waals surface area contributed by atoms with Crippen molar-refractivity contribution in [1.29, 1.82) is 0 Å². The fourth-order valence-electron chi connectivity index (χ4n) is 1.77. The largest absolute Gasteiger partial charge is 0.366 e. The summed E-state index contributed by atoms with van der Waals surface area (Å²) < 4.78 is 0. The normalized spacial score (nSPS) is 14.2. The molecule has 0 aromatic heterocycles. The molecule has 2 rings (SSSR count). The minimum atomic E-state index is -0.448. The number of benzene rings is 1. The number of allylic oxidation sites excluding steroid dienone is 2. The number of nitrogens with zero attached hydrogens (tertiary/aromatic N) is 1. The molecule has 0 spiro atoms. The Hall–Kier alpha value is -2.36. The number of carbonyl (C=O) groups is 2. The third-order valence-electron chi connectivity index (χ3n) is 2.73. The van der Waals surface area contributed by atoms with Crippen molar-refractivity contribution >= 4 is 11.7 Å². The Morgan fingerprint density at radius 3 is 2.61 bits per heavy atom. The second-order valence-electron chi connectivity index (χ2n) is 4.09. The number of hydrogen-bond acceptors (Lipinski definition) is 3. The number of ketones is 1. The maximum absolute atomic E-state index is 12.0. The van der Waals surface area contributed by atoms with Crippen LogP contribution >= 0.6 is 0 Å². The van der Waals surface area contributed by atoms with Crippen molar-refractivity contribution in [3.05, 3.63) is 59.8 Å². The summed E-state index contributed by atoms with van der Waals surface area (Å²) in [6.07, 6.45) is 5.18. The van der Waals surface area contributed by atoms with Crippen LogP contribution in [0.25, 0.3) is 0 Å². The summed E-state index contributed by atoms with van der Waals surface area (Å²) in [6.45, 7) is 0.621. The van der Waals surface area contributed by atoms with Gasteiger partial charge in [-0.2, -0.15) is 0 Å². The molecule has 0 saturated carbocycles. The van der Waals surface area contributed by atoms with Gasteiger partial charge in [0.2, 0.25) is 5.91 Å². The Kier molecular flexibility index (Phi) is 3.57. The highest BCUT2D eigenvalue weighted by Crippen LogP contribution is 2.09. The molecule has 0 atom stereocenters. The van der Waals surface area contributed by atoms with Gasteiger partial charge in [-0.05, 0) is 12.3 Å². The van der Waals surface area contributed by atoms with E-state index in [9.17, 15) is 9.59 Å². The van der Waals surface area contributed by atoms with E-state index >= 15 is 0 Å². The van der Waals surface area contributed by atoms with Crippen molar-refractivity contribution in [2.45, 2.75) is 0 Å². The van der Waals surface area contributed by atoms with Gasteiger partial charge >= 0.3 is 0 Å². The van der Waals surface area contributed by atoms with E-state index in [2.05, 4.69) is 0 Å². The molecule has 0 aliphatic carbocycles. The van der Waals surface area contributed by atoms with Crippen molar-refractivity contribution in [1.82, 2.24) is 4.90 Å². The van der Waals surface area contributed by atoms with Gasteiger partial charge in [-0.25, -0.2) is 0 Å². The van der Waals surface area contributed by atoms with Gasteiger partial charge < -0.3 is 10.6 Å². The molecular formula is C14H14N2O2. The second-order valence-corrected chi connectivity index (χ2v) is 4.09. The number of carbonyl (C=O) groups excluding carboxylic acids is 2. The van der Waals surface area contributed by atoms with Crippen molar-refractivity contribution in [3.8, 4) is 0 Å². The molecule has 18 heavy (non-hydrogen) atoms. The van der Waals surface area contributed by atoms with Crippen LogP contribution in [0.2, 0.25) is 0 Å². The lowest BCUT2D eigenvalue weighted by atomic mass is 10.1. The lowest BCUT2D eigenvalue weighted by Gasteiger charge is -2.22. The molecule has 1 aliphatic heterocycles. The Bertz CT molecular complexity index is 518. The highest BCUT2D eigenvalue weighted by atomic mass is 16.1. The van der Waals surface area contributed by atoms with Crippen LogP contribution in [0.15, 0.2) is 54.3 Å². The summed E-state index contributed by atoms with van der Waals surface area (Å²) in [5, 5.41) is 0. The van der Waals surface area contributed by atoms with Gasteiger partial charge in [0.15, 0.2) is 5.78 Å². The first-order valence-corrected chi connectivity index (χ1v) is 5.66. The topological polar surface area (TPSA) is 63.4 Å². The van der Waals surface area contributed by atoms with Crippen LogP contribution in [0.3, 0.4) is 0 Å². The smallest absolute Gasteiger partial charge is 0.246 e. The third-order valence-corrected chi connectivity index (χ3v) is 2.73. The van der Waals surface area contributed by atoms with Crippen LogP contribution in [0.5, 0.6) is 0 Å². The molecule has 4 heteroatoms. The third kappa shape index (κ3) is 2.85. The number of Topliss-reactive ketones (excluding diaryl/α,β-unsaturated/α-hetero) is 1. The highest BCUT2D eigenvalue weighted by molar-refractivity contribution is 5.98. The van der Waals surface area contributed by atoms with Gasteiger partial charge in [0, 0.05) is 17.7 Å². The fourth-order valence-corrected chi connectivity index (χ4v) is 1.77. The molecule has 0 fully saturated rings. The molecule has 1 aliphatic rings. The average molecular weight is 242 g/mol. The molecule has 1 aromatic carbocycles. The van der Waals surface area contributed by atoms with E-state index in [1.54, 1.807) is 35.4 Å². The lowest BCUT2D eigenvalue weighted by Crippen LogP contribution is -2.32. The molecule has 1 amide bonds. The summed E-state index contributed by atoms with van der Waals surface area (Å²) in [5.41, 5.74) is 6.40. The van der Waals surface area contributed by atoms with Gasteiger partial charge in [0.25, 0.3) is 0 Å². The summed E-state index contributed by atoms with van der Waals surface area (Å²) in [6, 6.07) is 9.08. The number of amides is 1. The summed E-state index contributed by atoms with van der Waals surface area (Å²) >= 11 is 0. The molecule has 0 unspecified atom stereocenters. The predicted octanol–water partition coefficient (Wildman–Crippen LogP) is 1.11. The van der Waals surface area contributed by atoms with E-state index < -0.39 is 5.91 Å². The Morgan fingerprint density at radius 2 is 1.94 bits per heavy atom. The molecular weight excluding hydrogens is 228 g/mol. The first-order chi connectivity index (χ1) is 8.66. The zero-order valence-electron chi connectivity index (χ0n) is 9.87. The number of nitrogens with two attached hydrogens (primary N) is 1. The molecule has 4 nitrogen and oxygen atoms in total. The zero-order valence-corrected chi connectivity index (χ0v) is 9.87. The van der Waals surface area contributed by atoms with Crippen molar-refractivity contribution in [3.63, 3.8) is 0 Å². The molecule has 2 N–H and O–H groups in total. The van der Waals surface area contributed by atoms with E-state index in [0.29, 0.717) is 17.7 Å². The zero-order chi connectivity index (χ0) is 13.0. The summed E-state index contributed by atoms with van der Waals surface area (Å²) in [4.78, 5) is 24.8. The van der Waals surface area contributed by atoms with Gasteiger partial charge in [-0.1, -0.05) is 36.4 Å². The highest BCUT2D eigenvalue weighted by Gasteiger charge is 2.15. The van der Waals surface area contributed by atoms with Crippen LogP contribution in [0.4, 0.5) is 0 Å². The number of primary amides is 1. The fraction of sp³-hybridized carbons (Fsp3) is 0.143. The Balaban J connectivity index is 2.00. The Morgan fingerprint density at radius 1 is 1.22 bits per heavy atom.